The van der Waals surface area contributed by atoms with Gasteiger partial charge in [0.2, 0.25) is 5.91 Å². The van der Waals surface area contributed by atoms with Crippen molar-refractivity contribution in [2.24, 2.45) is 7.05 Å². The third-order valence-electron chi connectivity index (χ3n) is 3.53. The normalized spacial score (nSPS) is 11.0. The molecule has 0 fully saturated rings. The summed E-state index contributed by atoms with van der Waals surface area (Å²) in [5.41, 5.74) is 3.77. The topological polar surface area (TPSA) is 63.1 Å². The van der Waals surface area contributed by atoms with Gasteiger partial charge >= 0.3 is 0 Å². The first kappa shape index (κ1) is 16.5. The van der Waals surface area contributed by atoms with Crippen molar-refractivity contribution < 1.29 is 4.79 Å². The van der Waals surface area contributed by atoms with Gasteiger partial charge < -0.3 is 5.32 Å². The van der Waals surface area contributed by atoms with Gasteiger partial charge in [0.25, 0.3) is 0 Å². The first-order chi connectivity index (χ1) is 10.4. The summed E-state index contributed by atoms with van der Waals surface area (Å²) in [4.78, 5) is 18.0. The van der Waals surface area contributed by atoms with Crippen molar-refractivity contribution >= 4 is 23.2 Å². The molecule has 0 spiro atoms. The Morgan fingerprint density at radius 3 is 2.77 bits per heavy atom. The minimum atomic E-state index is -0.128. The van der Waals surface area contributed by atoms with E-state index < -0.39 is 0 Å². The number of anilines is 1. The van der Waals surface area contributed by atoms with Crippen molar-refractivity contribution in [2.45, 2.75) is 20.4 Å². The van der Waals surface area contributed by atoms with Crippen molar-refractivity contribution in [3.63, 3.8) is 0 Å². The molecular formula is C15H20ClN5O. The molecule has 0 radical (unpaired) electrons. The molecule has 1 N–H and O–H groups in total. The number of hydrogen-bond acceptors (Lipinski definition) is 4. The Labute approximate surface area is 135 Å². The van der Waals surface area contributed by atoms with E-state index in [1.807, 2.05) is 37.5 Å². The highest BCUT2D eigenvalue weighted by molar-refractivity contribution is 6.32. The molecule has 2 aromatic rings. The van der Waals surface area contributed by atoms with Crippen molar-refractivity contribution in [1.29, 1.82) is 0 Å². The summed E-state index contributed by atoms with van der Waals surface area (Å²) in [6.07, 6.45) is 1.58. The molecule has 2 rings (SSSR count). The second-order valence-electron chi connectivity index (χ2n) is 5.34. The highest BCUT2D eigenvalue weighted by atomic mass is 35.5. The van der Waals surface area contributed by atoms with Crippen molar-refractivity contribution in [2.75, 3.05) is 18.9 Å². The molecule has 6 nitrogen and oxygen atoms in total. The Bertz CT molecular complexity index is 683. The van der Waals surface area contributed by atoms with Gasteiger partial charge in [0.05, 0.1) is 17.9 Å². The largest absolute Gasteiger partial charge is 0.322 e. The summed E-state index contributed by atoms with van der Waals surface area (Å²) >= 11 is 5.93. The molecule has 2 aromatic heterocycles. The van der Waals surface area contributed by atoms with Crippen molar-refractivity contribution in [1.82, 2.24) is 19.7 Å². The number of likely N-dealkylation sites (N-methyl/N-ethyl adjacent to an activating group) is 1. The van der Waals surface area contributed by atoms with Crippen LogP contribution in [0.3, 0.4) is 0 Å². The summed E-state index contributed by atoms with van der Waals surface area (Å²) in [5.74, 6) is -0.128. The van der Waals surface area contributed by atoms with Crippen LogP contribution in [0.2, 0.25) is 5.15 Å². The zero-order valence-electron chi connectivity index (χ0n) is 13.2. The number of hydrogen-bond donors (Lipinski definition) is 1. The maximum Gasteiger partial charge on any atom is 0.238 e. The summed E-state index contributed by atoms with van der Waals surface area (Å²) in [6, 6.07) is 3.45. The van der Waals surface area contributed by atoms with Gasteiger partial charge in [-0.25, -0.2) is 4.98 Å². The molecule has 0 aliphatic rings. The van der Waals surface area contributed by atoms with E-state index in [0.29, 0.717) is 12.2 Å². The minimum Gasteiger partial charge on any atom is -0.322 e. The summed E-state index contributed by atoms with van der Waals surface area (Å²) in [6.45, 7) is 4.93. The molecule has 0 saturated carbocycles. The van der Waals surface area contributed by atoms with Gasteiger partial charge in [0.1, 0.15) is 0 Å². The highest BCUT2D eigenvalue weighted by Gasteiger charge is 2.14. The molecule has 0 saturated heterocycles. The first-order valence-electron chi connectivity index (χ1n) is 6.96. The molecule has 0 aromatic carbocycles. The Balaban J connectivity index is 1.96. The number of nitrogens with one attached hydrogen (secondary N) is 1. The van der Waals surface area contributed by atoms with Crippen LogP contribution in [0.5, 0.6) is 0 Å². The number of pyridine rings is 1. The molecule has 0 aliphatic carbocycles. The van der Waals surface area contributed by atoms with Gasteiger partial charge in [0, 0.05) is 31.0 Å². The number of carbonyl (C=O) groups is 1. The van der Waals surface area contributed by atoms with E-state index in [2.05, 4.69) is 15.4 Å². The zero-order valence-corrected chi connectivity index (χ0v) is 14.0. The third kappa shape index (κ3) is 3.84. The Morgan fingerprint density at radius 1 is 1.45 bits per heavy atom. The van der Waals surface area contributed by atoms with Gasteiger partial charge in [0.15, 0.2) is 5.15 Å². The van der Waals surface area contributed by atoms with Crippen LogP contribution in [0, 0.1) is 13.8 Å². The second kappa shape index (κ2) is 6.89. The van der Waals surface area contributed by atoms with E-state index in [4.69, 9.17) is 11.6 Å². The van der Waals surface area contributed by atoms with Crippen LogP contribution >= 0.6 is 11.6 Å². The van der Waals surface area contributed by atoms with Crippen molar-refractivity contribution in [3.8, 4) is 0 Å². The van der Waals surface area contributed by atoms with Gasteiger partial charge in [-0.3, -0.25) is 14.4 Å². The van der Waals surface area contributed by atoms with E-state index in [0.717, 1.165) is 17.0 Å². The maximum atomic E-state index is 12.1. The van der Waals surface area contributed by atoms with E-state index in [9.17, 15) is 4.79 Å². The fourth-order valence-electron chi connectivity index (χ4n) is 2.29. The predicted octanol–water partition coefficient (Wildman–Crippen LogP) is 2.16. The lowest BCUT2D eigenvalue weighted by atomic mass is 10.2. The third-order valence-corrected chi connectivity index (χ3v) is 3.83. The van der Waals surface area contributed by atoms with E-state index >= 15 is 0 Å². The van der Waals surface area contributed by atoms with Crippen LogP contribution in [0.15, 0.2) is 18.3 Å². The summed E-state index contributed by atoms with van der Waals surface area (Å²) in [5, 5.41) is 7.44. The first-order valence-corrected chi connectivity index (χ1v) is 7.34. The fraction of sp³-hybridized carbons (Fsp3) is 0.400. The number of halogens is 1. The van der Waals surface area contributed by atoms with E-state index in [1.165, 1.54) is 0 Å². The van der Waals surface area contributed by atoms with Crippen LogP contribution in [-0.4, -0.2) is 39.2 Å². The number of aromatic nitrogens is 3. The smallest absolute Gasteiger partial charge is 0.238 e. The number of rotatable bonds is 5. The maximum absolute atomic E-state index is 12.1. The fourth-order valence-corrected chi connectivity index (χ4v) is 2.45. The van der Waals surface area contributed by atoms with Crippen molar-refractivity contribution in [3.05, 3.63) is 40.4 Å². The average molecular weight is 322 g/mol. The Hall–Kier alpha value is -1.92. The standard InChI is InChI=1S/C15H20ClN5O/c1-10-12(11(2)21(4)19-10)8-20(3)9-14(22)18-13-6-5-7-17-15(13)16/h5-7H,8-9H2,1-4H3,(H,18,22). The number of aryl methyl sites for hydroxylation is 2. The lowest BCUT2D eigenvalue weighted by molar-refractivity contribution is -0.117. The molecule has 1 amide bonds. The summed E-state index contributed by atoms with van der Waals surface area (Å²) in [7, 11) is 3.82. The quantitative estimate of drug-likeness (QED) is 0.857. The monoisotopic (exact) mass is 321 g/mol. The molecule has 0 atom stereocenters. The molecular weight excluding hydrogens is 302 g/mol. The second-order valence-corrected chi connectivity index (χ2v) is 5.69. The van der Waals surface area contributed by atoms with Gasteiger partial charge in [-0.05, 0) is 33.0 Å². The highest BCUT2D eigenvalue weighted by Crippen LogP contribution is 2.17. The molecule has 118 valence electrons. The van der Waals surface area contributed by atoms with E-state index in [1.54, 1.807) is 18.3 Å². The molecule has 22 heavy (non-hydrogen) atoms. The zero-order chi connectivity index (χ0) is 16.3. The number of nitrogens with zero attached hydrogens (tertiary/aromatic N) is 4. The van der Waals surface area contributed by atoms with Crippen LogP contribution in [0.4, 0.5) is 5.69 Å². The van der Waals surface area contributed by atoms with Crippen LogP contribution < -0.4 is 5.32 Å². The van der Waals surface area contributed by atoms with E-state index in [-0.39, 0.29) is 17.6 Å². The molecule has 2 heterocycles. The van der Waals surface area contributed by atoms with Gasteiger partial charge in [-0.1, -0.05) is 11.6 Å². The lowest BCUT2D eigenvalue weighted by Crippen LogP contribution is -2.30. The average Bonchev–Trinajstić information content (AvgIpc) is 2.68. The molecule has 7 heteroatoms. The molecule has 0 unspecified atom stereocenters. The van der Waals surface area contributed by atoms with Crippen LogP contribution in [0.1, 0.15) is 17.0 Å². The lowest BCUT2D eigenvalue weighted by Gasteiger charge is -2.16. The number of amides is 1. The summed E-state index contributed by atoms with van der Waals surface area (Å²) < 4.78 is 1.86. The van der Waals surface area contributed by atoms with Crippen LogP contribution in [-0.2, 0) is 18.4 Å². The number of carbonyl (C=O) groups excluding carboxylic acids is 1. The van der Waals surface area contributed by atoms with Crippen LogP contribution in [0.25, 0.3) is 0 Å². The Morgan fingerprint density at radius 2 is 2.18 bits per heavy atom. The van der Waals surface area contributed by atoms with Gasteiger partial charge in [-0.2, -0.15) is 5.10 Å². The molecule has 0 aliphatic heterocycles. The Kier molecular flexibility index (Phi) is 5.15. The SMILES string of the molecule is Cc1nn(C)c(C)c1CN(C)CC(=O)Nc1cccnc1Cl. The predicted molar refractivity (Wildman–Crippen MR) is 86.9 cm³/mol. The minimum absolute atomic E-state index is 0.128. The molecule has 0 bridgehead atoms. The van der Waals surface area contributed by atoms with Gasteiger partial charge in [-0.15, -0.1) is 0 Å².